The summed E-state index contributed by atoms with van der Waals surface area (Å²) in [4.78, 5) is 10.9. The van der Waals surface area contributed by atoms with Crippen LogP contribution >= 0.6 is 0 Å². The molecule has 0 spiro atoms. The Morgan fingerprint density at radius 1 is 1.64 bits per heavy atom. The SMILES string of the molecule is [CH2]CCC(C(N)=O)C(C)CC. The third-order valence-corrected chi connectivity index (χ3v) is 2.21. The van der Waals surface area contributed by atoms with Crippen molar-refractivity contribution in [3.05, 3.63) is 6.92 Å². The van der Waals surface area contributed by atoms with Crippen molar-refractivity contribution in [3.63, 3.8) is 0 Å². The first kappa shape index (κ1) is 10.5. The Balaban J connectivity index is 3.97. The fraction of sp³-hybridized carbons (Fsp3) is 0.778. The van der Waals surface area contributed by atoms with Gasteiger partial charge in [0.2, 0.25) is 5.91 Å². The Labute approximate surface area is 69.2 Å². The maximum Gasteiger partial charge on any atom is 0.220 e. The van der Waals surface area contributed by atoms with E-state index < -0.39 is 0 Å². The van der Waals surface area contributed by atoms with E-state index in [0.717, 1.165) is 19.3 Å². The van der Waals surface area contributed by atoms with E-state index in [4.69, 9.17) is 5.73 Å². The van der Waals surface area contributed by atoms with Gasteiger partial charge in [-0.05, 0) is 12.3 Å². The zero-order valence-corrected chi connectivity index (χ0v) is 7.47. The van der Waals surface area contributed by atoms with Gasteiger partial charge in [0.1, 0.15) is 0 Å². The van der Waals surface area contributed by atoms with Crippen LogP contribution in [-0.2, 0) is 4.79 Å². The monoisotopic (exact) mass is 156 g/mol. The van der Waals surface area contributed by atoms with E-state index in [1.54, 1.807) is 0 Å². The summed E-state index contributed by atoms with van der Waals surface area (Å²) in [5.41, 5.74) is 5.23. The van der Waals surface area contributed by atoms with Crippen LogP contribution in [0.4, 0.5) is 0 Å². The first-order valence-electron chi connectivity index (χ1n) is 4.22. The molecule has 0 aliphatic heterocycles. The predicted molar refractivity (Wildman–Crippen MR) is 46.7 cm³/mol. The third-order valence-electron chi connectivity index (χ3n) is 2.21. The molecule has 2 atom stereocenters. The highest BCUT2D eigenvalue weighted by Gasteiger charge is 2.19. The molecule has 2 unspecified atom stereocenters. The molecule has 11 heavy (non-hydrogen) atoms. The van der Waals surface area contributed by atoms with E-state index >= 15 is 0 Å². The quantitative estimate of drug-likeness (QED) is 0.647. The average Bonchev–Trinajstić information content (AvgIpc) is 1.98. The van der Waals surface area contributed by atoms with Crippen LogP contribution in [0.15, 0.2) is 0 Å². The van der Waals surface area contributed by atoms with Crippen LogP contribution in [0.5, 0.6) is 0 Å². The van der Waals surface area contributed by atoms with Gasteiger partial charge >= 0.3 is 0 Å². The molecule has 0 bridgehead atoms. The lowest BCUT2D eigenvalue weighted by atomic mass is 9.88. The first-order valence-corrected chi connectivity index (χ1v) is 4.22. The number of hydrogen-bond donors (Lipinski definition) is 1. The highest BCUT2D eigenvalue weighted by Crippen LogP contribution is 2.19. The van der Waals surface area contributed by atoms with Gasteiger partial charge in [-0.1, -0.05) is 33.6 Å². The normalized spacial score (nSPS) is 15.9. The molecule has 0 saturated carbocycles. The molecule has 2 N–H and O–H groups in total. The molecule has 1 radical (unpaired) electrons. The average molecular weight is 156 g/mol. The van der Waals surface area contributed by atoms with E-state index in [1.807, 2.05) is 0 Å². The summed E-state index contributed by atoms with van der Waals surface area (Å²) >= 11 is 0. The zero-order valence-electron chi connectivity index (χ0n) is 7.47. The summed E-state index contributed by atoms with van der Waals surface area (Å²) in [6.07, 6.45) is 2.62. The molecule has 0 aromatic heterocycles. The van der Waals surface area contributed by atoms with Crippen molar-refractivity contribution in [1.29, 1.82) is 0 Å². The van der Waals surface area contributed by atoms with Gasteiger partial charge in [-0.2, -0.15) is 0 Å². The van der Waals surface area contributed by atoms with Gasteiger partial charge in [0.15, 0.2) is 0 Å². The van der Waals surface area contributed by atoms with Gasteiger partial charge in [0.25, 0.3) is 0 Å². The molecule has 1 amide bonds. The minimum atomic E-state index is -0.178. The number of nitrogens with two attached hydrogens (primary N) is 1. The number of carbonyl (C=O) groups is 1. The molecule has 0 aliphatic carbocycles. The Bertz CT molecular complexity index is 123. The lowest BCUT2D eigenvalue weighted by molar-refractivity contribution is -0.123. The molecule has 0 aliphatic rings. The first-order chi connectivity index (χ1) is 5.13. The molecular formula is C9H18NO. The summed E-state index contributed by atoms with van der Waals surface area (Å²) in [5, 5.41) is 0. The molecule has 0 saturated heterocycles. The summed E-state index contributed by atoms with van der Waals surface area (Å²) < 4.78 is 0. The van der Waals surface area contributed by atoms with Crippen molar-refractivity contribution in [2.75, 3.05) is 0 Å². The van der Waals surface area contributed by atoms with E-state index in [9.17, 15) is 4.79 Å². The third kappa shape index (κ3) is 3.40. The minimum absolute atomic E-state index is 0.0255. The van der Waals surface area contributed by atoms with E-state index in [-0.39, 0.29) is 11.8 Å². The molecule has 0 fully saturated rings. The van der Waals surface area contributed by atoms with Crippen molar-refractivity contribution in [3.8, 4) is 0 Å². The minimum Gasteiger partial charge on any atom is -0.369 e. The van der Waals surface area contributed by atoms with Gasteiger partial charge in [0, 0.05) is 5.92 Å². The predicted octanol–water partition coefficient (Wildman–Crippen LogP) is 1.75. The Morgan fingerprint density at radius 3 is 2.45 bits per heavy atom. The van der Waals surface area contributed by atoms with Gasteiger partial charge in [-0.3, -0.25) is 4.79 Å². The molecule has 2 nitrogen and oxygen atoms in total. The van der Waals surface area contributed by atoms with Crippen LogP contribution in [0.1, 0.15) is 33.1 Å². The number of hydrogen-bond acceptors (Lipinski definition) is 1. The molecular weight excluding hydrogens is 138 g/mol. The maximum atomic E-state index is 10.9. The van der Waals surface area contributed by atoms with E-state index in [2.05, 4.69) is 20.8 Å². The summed E-state index contributed by atoms with van der Waals surface area (Å²) in [6, 6.07) is 0. The number of carbonyl (C=O) groups excluding carboxylic acids is 1. The van der Waals surface area contributed by atoms with E-state index in [1.165, 1.54) is 0 Å². The van der Waals surface area contributed by atoms with Crippen molar-refractivity contribution >= 4 is 5.91 Å². The summed E-state index contributed by atoms with van der Waals surface area (Å²) in [6.45, 7) is 7.85. The van der Waals surface area contributed by atoms with Crippen molar-refractivity contribution in [2.24, 2.45) is 17.6 Å². The highest BCUT2D eigenvalue weighted by molar-refractivity contribution is 5.76. The van der Waals surface area contributed by atoms with Crippen molar-refractivity contribution in [1.82, 2.24) is 0 Å². The van der Waals surface area contributed by atoms with Crippen LogP contribution in [0, 0.1) is 18.8 Å². The second-order valence-corrected chi connectivity index (χ2v) is 3.04. The van der Waals surface area contributed by atoms with Gasteiger partial charge in [-0.15, -0.1) is 0 Å². The topological polar surface area (TPSA) is 43.1 Å². The second kappa shape index (κ2) is 5.16. The van der Waals surface area contributed by atoms with Crippen LogP contribution in [0.25, 0.3) is 0 Å². The highest BCUT2D eigenvalue weighted by atomic mass is 16.1. The van der Waals surface area contributed by atoms with Crippen LogP contribution in [0.3, 0.4) is 0 Å². The number of primary amides is 1. The van der Waals surface area contributed by atoms with Crippen LogP contribution in [0.2, 0.25) is 0 Å². The van der Waals surface area contributed by atoms with Gasteiger partial charge in [-0.25, -0.2) is 0 Å². The van der Waals surface area contributed by atoms with Gasteiger partial charge < -0.3 is 5.73 Å². The molecule has 65 valence electrons. The molecule has 0 heterocycles. The number of amides is 1. The van der Waals surface area contributed by atoms with Crippen LogP contribution in [-0.4, -0.2) is 5.91 Å². The molecule has 0 rings (SSSR count). The lowest BCUT2D eigenvalue weighted by Gasteiger charge is -2.18. The standard InChI is InChI=1S/C9H18NO/c1-4-6-8(9(10)11)7(3)5-2/h7-8H,1,4-6H2,2-3H3,(H2,10,11). The van der Waals surface area contributed by atoms with E-state index in [0.29, 0.717) is 5.92 Å². The number of rotatable bonds is 5. The largest absolute Gasteiger partial charge is 0.369 e. The van der Waals surface area contributed by atoms with Crippen LogP contribution < -0.4 is 5.73 Å². The molecule has 0 aromatic rings. The Morgan fingerprint density at radius 2 is 2.18 bits per heavy atom. The smallest absolute Gasteiger partial charge is 0.220 e. The fourth-order valence-electron chi connectivity index (χ4n) is 1.21. The van der Waals surface area contributed by atoms with Crippen molar-refractivity contribution in [2.45, 2.75) is 33.1 Å². The zero-order chi connectivity index (χ0) is 8.85. The fourth-order valence-corrected chi connectivity index (χ4v) is 1.21. The maximum absolute atomic E-state index is 10.9. The Kier molecular flexibility index (Phi) is 4.92. The summed E-state index contributed by atoms with van der Waals surface area (Å²) in [5.74, 6) is 0.245. The Hall–Kier alpha value is -0.530. The summed E-state index contributed by atoms with van der Waals surface area (Å²) in [7, 11) is 0. The molecule has 2 heteroatoms. The second-order valence-electron chi connectivity index (χ2n) is 3.04. The van der Waals surface area contributed by atoms with Crippen molar-refractivity contribution < 1.29 is 4.79 Å². The molecule has 0 aromatic carbocycles. The lowest BCUT2D eigenvalue weighted by Crippen LogP contribution is -2.28. The van der Waals surface area contributed by atoms with Gasteiger partial charge in [0.05, 0.1) is 0 Å².